The number of aliphatic imine (C=N–C) groups is 1. The summed E-state index contributed by atoms with van der Waals surface area (Å²) in [6.45, 7) is 2.23. The number of hydrogen-bond donors (Lipinski definition) is 2. The van der Waals surface area contributed by atoms with Crippen molar-refractivity contribution in [1.29, 1.82) is 0 Å². The Kier molecular flexibility index (Phi) is 6.93. The Balaban J connectivity index is 1.24. The van der Waals surface area contributed by atoms with Gasteiger partial charge >= 0.3 is 0 Å². The van der Waals surface area contributed by atoms with E-state index in [9.17, 15) is 14.0 Å². The van der Waals surface area contributed by atoms with E-state index < -0.39 is 5.91 Å². The molecule has 2 heterocycles. The molecule has 0 aliphatic carbocycles. The molecule has 0 saturated carbocycles. The molecule has 0 bridgehead atoms. The highest BCUT2D eigenvalue weighted by Gasteiger charge is 2.19. The number of aromatic nitrogens is 2. The lowest BCUT2D eigenvalue weighted by Gasteiger charge is -2.18. The molecule has 1 aliphatic heterocycles. The number of amidine groups is 1. The average molecular weight is 499 g/mol. The Morgan fingerprint density at radius 3 is 2.49 bits per heavy atom. The number of para-hydroxylation sites is 2. The van der Waals surface area contributed by atoms with Gasteiger partial charge in [-0.15, -0.1) is 0 Å². The van der Waals surface area contributed by atoms with E-state index in [1.807, 2.05) is 48.5 Å². The zero-order valence-corrected chi connectivity index (χ0v) is 20.4. The molecule has 0 atom stereocenters. The van der Waals surface area contributed by atoms with Crippen LogP contribution in [-0.4, -0.2) is 58.8 Å². The summed E-state index contributed by atoms with van der Waals surface area (Å²) in [4.78, 5) is 36.3. The van der Waals surface area contributed by atoms with Gasteiger partial charge in [0.1, 0.15) is 11.7 Å². The van der Waals surface area contributed by atoms with Gasteiger partial charge in [-0.25, -0.2) is 9.37 Å². The zero-order valence-electron chi connectivity index (χ0n) is 20.4. The third kappa shape index (κ3) is 5.50. The fourth-order valence-electron chi connectivity index (χ4n) is 4.27. The predicted molar refractivity (Wildman–Crippen MR) is 140 cm³/mol. The van der Waals surface area contributed by atoms with E-state index in [-0.39, 0.29) is 24.1 Å². The van der Waals surface area contributed by atoms with Crippen molar-refractivity contribution < 1.29 is 14.0 Å². The molecule has 0 unspecified atom stereocenters. The van der Waals surface area contributed by atoms with Crippen LogP contribution in [0.2, 0.25) is 0 Å². The van der Waals surface area contributed by atoms with E-state index in [2.05, 4.69) is 20.6 Å². The Bertz CT molecular complexity index is 1460. The lowest BCUT2D eigenvalue weighted by molar-refractivity contribution is -0.129. The van der Waals surface area contributed by atoms with Gasteiger partial charge in [-0.3, -0.25) is 14.6 Å². The van der Waals surface area contributed by atoms with Crippen LogP contribution in [-0.2, 0) is 17.9 Å². The first-order chi connectivity index (χ1) is 18.0. The zero-order chi connectivity index (χ0) is 25.8. The number of fused-ring (bicyclic) bond motifs is 1. The molecule has 37 heavy (non-hydrogen) atoms. The highest BCUT2D eigenvalue weighted by Crippen LogP contribution is 2.18. The van der Waals surface area contributed by atoms with Gasteiger partial charge in [0, 0.05) is 32.2 Å². The van der Waals surface area contributed by atoms with E-state index in [1.54, 1.807) is 28.6 Å². The van der Waals surface area contributed by atoms with Crippen molar-refractivity contribution in [3.8, 4) is 0 Å². The Morgan fingerprint density at radius 1 is 1.03 bits per heavy atom. The monoisotopic (exact) mass is 498 g/mol. The minimum atomic E-state index is -0.450. The fourth-order valence-corrected chi connectivity index (χ4v) is 4.27. The molecule has 9 heteroatoms. The SMILES string of the molecule is CN(Cc1ccc(C2=NCCN2)cc1)C(=O)CNC(=O)c1nc2ccccc2n1Cc1ccc(F)cc1. The van der Waals surface area contributed by atoms with Gasteiger partial charge in [0.05, 0.1) is 24.1 Å². The van der Waals surface area contributed by atoms with Crippen LogP contribution in [0.4, 0.5) is 4.39 Å². The second-order valence-electron chi connectivity index (χ2n) is 8.92. The lowest BCUT2D eigenvalue weighted by atomic mass is 10.1. The number of benzene rings is 3. The number of amides is 2. The predicted octanol–water partition coefficient (Wildman–Crippen LogP) is 2.96. The molecule has 8 nitrogen and oxygen atoms in total. The van der Waals surface area contributed by atoms with Gasteiger partial charge in [0.2, 0.25) is 5.91 Å². The summed E-state index contributed by atoms with van der Waals surface area (Å²) in [6.07, 6.45) is 0. The van der Waals surface area contributed by atoms with Crippen LogP contribution in [0, 0.1) is 5.82 Å². The second kappa shape index (κ2) is 10.6. The van der Waals surface area contributed by atoms with Crippen LogP contribution in [0.3, 0.4) is 0 Å². The molecule has 188 valence electrons. The summed E-state index contributed by atoms with van der Waals surface area (Å²) in [5.74, 6) is 0.0925. The first kappa shape index (κ1) is 24.2. The van der Waals surface area contributed by atoms with E-state index in [0.29, 0.717) is 18.6 Å². The molecular formula is C28H27FN6O2. The lowest BCUT2D eigenvalue weighted by Crippen LogP contribution is -2.38. The molecule has 1 aromatic heterocycles. The van der Waals surface area contributed by atoms with E-state index in [0.717, 1.165) is 41.1 Å². The van der Waals surface area contributed by atoms with Gasteiger partial charge in [0.15, 0.2) is 5.82 Å². The van der Waals surface area contributed by atoms with E-state index >= 15 is 0 Å². The molecule has 3 aromatic carbocycles. The molecule has 2 amide bonds. The van der Waals surface area contributed by atoms with Crippen LogP contribution in [0.5, 0.6) is 0 Å². The third-order valence-corrected chi connectivity index (χ3v) is 6.26. The average Bonchev–Trinajstić information content (AvgIpc) is 3.58. The van der Waals surface area contributed by atoms with Crippen LogP contribution >= 0.6 is 0 Å². The Hall–Kier alpha value is -4.53. The highest BCUT2D eigenvalue weighted by atomic mass is 19.1. The van der Waals surface area contributed by atoms with Crippen molar-refractivity contribution in [2.75, 3.05) is 26.7 Å². The number of imidazole rings is 1. The second-order valence-corrected chi connectivity index (χ2v) is 8.92. The third-order valence-electron chi connectivity index (χ3n) is 6.26. The van der Waals surface area contributed by atoms with Crippen LogP contribution in [0.1, 0.15) is 27.3 Å². The largest absolute Gasteiger partial charge is 0.368 e. The Labute approximate surface area is 213 Å². The minimum absolute atomic E-state index is 0.159. The number of nitrogens with zero attached hydrogens (tertiary/aromatic N) is 4. The van der Waals surface area contributed by atoms with Gasteiger partial charge in [0.25, 0.3) is 5.91 Å². The topological polar surface area (TPSA) is 91.6 Å². The van der Waals surface area contributed by atoms with Gasteiger partial charge in [-0.1, -0.05) is 48.5 Å². The molecule has 1 aliphatic rings. The number of carbonyl (C=O) groups excluding carboxylic acids is 2. The molecule has 5 rings (SSSR count). The standard InChI is InChI=1S/C28H27FN6O2/c1-34(17-19-6-10-21(11-7-19)26-30-14-15-31-26)25(36)16-32-28(37)27-33-23-4-2-3-5-24(23)35(27)18-20-8-12-22(29)13-9-20/h2-13H,14-18H2,1H3,(H,30,31)(H,32,37). The maximum Gasteiger partial charge on any atom is 0.287 e. The Morgan fingerprint density at radius 2 is 1.76 bits per heavy atom. The minimum Gasteiger partial charge on any atom is -0.368 e. The molecule has 0 spiro atoms. The summed E-state index contributed by atoms with van der Waals surface area (Å²) in [5, 5.41) is 5.95. The molecule has 4 aromatic rings. The van der Waals surface area contributed by atoms with Crippen molar-refractivity contribution in [2.45, 2.75) is 13.1 Å². The van der Waals surface area contributed by atoms with Gasteiger partial charge < -0.3 is 20.1 Å². The smallest absolute Gasteiger partial charge is 0.287 e. The van der Waals surface area contributed by atoms with Crippen LogP contribution in [0.15, 0.2) is 77.8 Å². The normalized spacial score (nSPS) is 12.8. The summed E-state index contributed by atoms with van der Waals surface area (Å²) in [6, 6.07) is 21.5. The summed E-state index contributed by atoms with van der Waals surface area (Å²) < 4.78 is 15.1. The van der Waals surface area contributed by atoms with E-state index in [4.69, 9.17) is 0 Å². The van der Waals surface area contributed by atoms with Gasteiger partial charge in [-0.05, 0) is 35.4 Å². The summed E-state index contributed by atoms with van der Waals surface area (Å²) in [7, 11) is 1.70. The first-order valence-corrected chi connectivity index (χ1v) is 12.1. The molecule has 2 N–H and O–H groups in total. The maximum absolute atomic E-state index is 13.4. The van der Waals surface area contributed by atoms with Crippen LogP contribution < -0.4 is 10.6 Å². The number of rotatable bonds is 8. The number of hydrogen-bond acceptors (Lipinski definition) is 5. The van der Waals surface area contributed by atoms with Crippen molar-refractivity contribution in [3.63, 3.8) is 0 Å². The van der Waals surface area contributed by atoms with E-state index in [1.165, 1.54) is 12.1 Å². The first-order valence-electron chi connectivity index (χ1n) is 12.1. The highest BCUT2D eigenvalue weighted by molar-refractivity contribution is 5.99. The van der Waals surface area contributed by atoms with Gasteiger partial charge in [-0.2, -0.15) is 0 Å². The van der Waals surface area contributed by atoms with Crippen molar-refractivity contribution >= 4 is 28.7 Å². The summed E-state index contributed by atoms with van der Waals surface area (Å²) in [5.41, 5.74) is 4.27. The van der Waals surface area contributed by atoms with Crippen molar-refractivity contribution in [3.05, 3.63) is 101 Å². The molecule has 0 saturated heterocycles. The van der Waals surface area contributed by atoms with Crippen LogP contribution in [0.25, 0.3) is 11.0 Å². The number of halogens is 1. The summed E-state index contributed by atoms with van der Waals surface area (Å²) >= 11 is 0. The molecule has 0 radical (unpaired) electrons. The molecular weight excluding hydrogens is 471 g/mol. The quantitative estimate of drug-likeness (QED) is 0.391. The maximum atomic E-state index is 13.4. The molecule has 0 fully saturated rings. The number of nitrogens with one attached hydrogen (secondary N) is 2. The number of likely N-dealkylation sites (N-methyl/N-ethyl adjacent to an activating group) is 1. The number of carbonyl (C=O) groups is 2. The van der Waals surface area contributed by atoms with Crippen molar-refractivity contribution in [2.24, 2.45) is 4.99 Å². The van der Waals surface area contributed by atoms with Crippen molar-refractivity contribution in [1.82, 2.24) is 25.1 Å². The fraction of sp³-hybridized carbons (Fsp3) is 0.214.